The molecule has 5 heteroatoms. The van der Waals surface area contributed by atoms with Gasteiger partial charge in [0.15, 0.2) is 0 Å². The fourth-order valence-corrected chi connectivity index (χ4v) is 1.36. The molecule has 1 saturated carbocycles. The predicted octanol–water partition coefficient (Wildman–Crippen LogP) is 2.04. The van der Waals surface area contributed by atoms with Crippen LogP contribution in [-0.2, 0) is 0 Å². The smallest absolute Gasteiger partial charge is 0.137 e. The number of aromatic nitrogens is 1. The first-order valence-corrected chi connectivity index (χ1v) is 4.52. The Morgan fingerprint density at radius 2 is 2.27 bits per heavy atom. The van der Waals surface area contributed by atoms with Gasteiger partial charge in [0.25, 0.3) is 0 Å². The third-order valence-corrected chi connectivity index (χ3v) is 2.65. The molecule has 3 nitrogen and oxygen atoms in total. The van der Waals surface area contributed by atoms with Crippen molar-refractivity contribution in [1.82, 2.24) is 4.98 Å². The van der Waals surface area contributed by atoms with Crippen LogP contribution in [0, 0.1) is 5.92 Å². The zero-order chi connectivity index (χ0) is 9.31. The fraction of sp³-hybridized carbons (Fsp3) is 0.500. The van der Waals surface area contributed by atoms with Crippen molar-refractivity contribution in [2.45, 2.75) is 18.9 Å². The molecule has 0 radical (unpaired) electrons. The minimum atomic E-state index is -0.0875. The molecule has 86 valence electrons. The molecular formula is C10H16Cl2N2O. The van der Waals surface area contributed by atoms with E-state index in [1.807, 2.05) is 12.1 Å². The van der Waals surface area contributed by atoms with Crippen molar-refractivity contribution in [1.29, 1.82) is 0 Å². The molecule has 1 aliphatic carbocycles. The quantitative estimate of drug-likeness (QED) is 0.894. The Morgan fingerprint density at radius 3 is 2.73 bits per heavy atom. The Labute approximate surface area is 102 Å². The molecule has 0 bridgehead atoms. The van der Waals surface area contributed by atoms with Crippen LogP contribution in [0.15, 0.2) is 24.5 Å². The number of nitrogens with zero attached hydrogens (tertiary/aromatic N) is 1. The lowest BCUT2D eigenvalue weighted by Gasteiger charge is -2.11. The lowest BCUT2D eigenvalue weighted by atomic mass is 10.2. The van der Waals surface area contributed by atoms with E-state index in [1.54, 1.807) is 12.4 Å². The van der Waals surface area contributed by atoms with Crippen LogP contribution < -0.4 is 10.5 Å². The van der Waals surface area contributed by atoms with Crippen LogP contribution in [0.5, 0.6) is 5.75 Å². The van der Waals surface area contributed by atoms with Crippen LogP contribution >= 0.6 is 24.8 Å². The summed E-state index contributed by atoms with van der Waals surface area (Å²) in [7, 11) is 0. The van der Waals surface area contributed by atoms with Crippen LogP contribution in [0.4, 0.5) is 0 Å². The van der Waals surface area contributed by atoms with Gasteiger partial charge < -0.3 is 10.5 Å². The van der Waals surface area contributed by atoms with E-state index in [1.165, 1.54) is 0 Å². The SMILES string of the molecule is CC1CC1(N)COc1cccnc1.Cl.Cl. The fourth-order valence-electron chi connectivity index (χ4n) is 1.36. The monoisotopic (exact) mass is 250 g/mol. The molecule has 0 amide bonds. The van der Waals surface area contributed by atoms with Crippen LogP contribution in [0.1, 0.15) is 13.3 Å². The summed E-state index contributed by atoms with van der Waals surface area (Å²) in [6.45, 7) is 2.74. The molecule has 15 heavy (non-hydrogen) atoms. The molecule has 1 aromatic rings. The number of nitrogens with two attached hydrogens (primary N) is 1. The van der Waals surface area contributed by atoms with Crippen molar-refractivity contribution in [2.75, 3.05) is 6.61 Å². The molecule has 1 fully saturated rings. The number of pyridine rings is 1. The highest BCUT2D eigenvalue weighted by Gasteiger charge is 2.48. The van der Waals surface area contributed by atoms with E-state index < -0.39 is 0 Å². The molecule has 2 unspecified atom stereocenters. The van der Waals surface area contributed by atoms with Gasteiger partial charge in [0, 0.05) is 6.20 Å². The summed E-state index contributed by atoms with van der Waals surface area (Å²) in [5.41, 5.74) is 5.91. The minimum Gasteiger partial charge on any atom is -0.490 e. The largest absolute Gasteiger partial charge is 0.490 e. The second kappa shape index (κ2) is 5.54. The molecule has 2 rings (SSSR count). The van der Waals surface area contributed by atoms with Gasteiger partial charge in [-0.2, -0.15) is 0 Å². The minimum absolute atomic E-state index is 0. The lowest BCUT2D eigenvalue weighted by molar-refractivity contribution is 0.270. The van der Waals surface area contributed by atoms with Crippen LogP contribution in [-0.4, -0.2) is 17.1 Å². The number of halogens is 2. The molecule has 2 atom stereocenters. The van der Waals surface area contributed by atoms with Crippen molar-refractivity contribution < 1.29 is 4.74 Å². The van der Waals surface area contributed by atoms with Crippen molar-refractivity contribution in [2.24, 2.45) is 11.7 Å². The number of rotatable bonds is 3. The molecular weight excluding hydrogens is 235 g/mol. The van der Waals surface area contributed by atoms with Gasteiger partial charge >= 0.3 is 0 Å². The molecule has 0 aromatic carbocycles. The molecule has 1 heterocycles. The van der Waals surface area contributed by atoms with E-state index in [-0.39, 0.29) is 30.4 Å². The molecule has 1 aliphatic rings. The first kappa shape index (κ1) is 14.5. The highest BCUT2D eigenvalue weighted by molar-refractivity contribution is 5.85. The Balaban J connectivity index is 0.000000980. The summed E-state index contributed by atoms with van der Waals surface area (Å²) in [5.74, 6) is 1.38. The second-order valence-electron chi connectivity index (χ2n) is 3.82. The summed E-state index contributed by atoms with van der Waals surface area (Å²) < 4.78 is 5.52. The first-order chi connectivity index (χ1) is 6.21. The third kappa shape index (κ3) is 3.52. The number of hydrogen-bond donors (Lipinski definition) is 1. The average molecular weight is 251 g/mol. The van der Waals surface area contributed by atoms with E-state index in [2.05, 4.69) is 11.9 Å². The number of ether oxygens (including phenoxy) is 1. The molecule has 0 spiro atoms. The van der Waals surface area contributed by atoms with Gasteiger partial charge in [0.2, 0.25) is 0 Å². The van der Waals surface area contributed by atoms with Gasteiger partial charge in [0.1, 0.15) is 12.4 Å². The summed E-state index contributed by atoms with van der Waals surface area (Å²) in [5, 5.41) is 0. The van der Waals surface area contributed by atoms with Gasteiger partial charge in [-0.1, -0.05) is 6.92 Å². The van der Waals surface area contributed by atoms with Crippen molar-refractivity contribution in [3.8, 4) is 5.75 Å². The topological polar surface area (TPSA) is 48.1 Å². The van der Waals surface area contributed by atoms with Gasteiger partial charge in [-0.15, -0.1) is 24.8 Å². The van der Waals surface area contributed by atoms with Gasteiger partial charge in [-0.05, 0) is 24.5 Å². The van der Waals surface area contributed by atoms with E-state index in [9.17, 15) is 0 Å². The highest BCUT2D eigenvalue weighted by Crippen LogP contribution is 2.40. The summed E-state index contributed by atoms with van der Waals surface area (Å²) in [6, 6.07) is 3.75. The summed E-state index contributed by atoms with van der Waals surface area (Å²) in [6.07, 6.45) is 4.49. The van der Waals surface area contributed by atoms with E-state index in [0.717, 1.165) is 12.2 Å². The standard InChI is InChI=1S/C10H14N2O.2ClH/c1-8-5-10(8,11)7-13-9-3-2-4-12-6-9;;/h2-4,6,8H,5,7,11H2,1H3;2*1H. The van der Waals surface area contributed by atoms with Crippen molar-refractivity contribution >= 4 is 24.8 Å². The Morgan fingerprint density at radius 1 is 1.60 bits per heavy atom. The van der Waals surface area contributed by atoms with E-state index >= 15 is 0 Å². The first-order valence-electron chi connectivity index (χ1n) is 4.52. The van der Waals surface area contributed by atoms with Crippen LogP contribution in [0.2, 0.25) is 0 Å². The van der Waals surface area contributed by atoms with Gasteiger partial charge in [0.05, 0.1) is 11.7 Å². The Bertz CT molecular complexity index is 297. The Hall–Kier alpha value is -0.510. The summed E-state index contributed by atoms with van der Waals surface area (Å²) >= 11 is 0. The number of hydrogen-bond acceptors (Lipinski definition) is 3. The predicted molar refractivity (Wildman–Crippen MR) is 64.9 cm³/mol. The maximum Gasteiger partial charge on any atom is 0.137 e. The Kier molecular flexibility index (Phi) is 5.35. The van der Waals surface area contributed by atoms with Crippen molar-refractivity contribution in [3.63, 3.8) is 0 Å². The third-order valence-electron chi connectivity index (χ3n) is 2.65. The normalized spacial score (nSPS) is 27.2. The van der Waals surface area contributed by atoms with Crippen LogP contribution in [0.3, 0.4) is 0 Å². The molecule has 1 aromatic heterocycles. The van der Waals surface area contributed by atoms with E-state index in [4.69, 9.17) is 10.5 Å². The lowest BCUT2D eigenvalue weighted by Crippen LogP contribution is -2.32. The van der Waals surface area contributed by atoms with Crippen LogP contribution in [0.25, 0.3) is 0 Å². The molecule has 2 N–H and O–H groups in total. The van der Waals surface area contributed by atoms with E-state index in [0.29, 0.717) is 12.5 Å². The maximum atomic E-state index is 5.99. The molecule has 0 aliphatic heterocycles. The molecule has 0 saturated heterocycles. The van der Waals surface area contributed by atoms with Crippen molar-refractivity contribution in [3.05, 3.63) is 24.5 Å². The van der Waals surface area contributed by atoms with Gasteiger partial charge in [-0.25, -0.2) is 0 Å². The summed E-state index contributed by atoms with van der Waals surface area (Å²) in [4.78, 5) is 3.96. The highest BCUT2D eigenvalue weighted by atomic mass is 35.5. The average Bonchev–Trinajstić information content (AvgIpc) is 2.74. The second-order valence-corrected chi connectivity index (χ2v) is 3.82. The zero-order valence-corrected chi connectivity index (χ0v) is 10.2. The zero-order valence-electron chi connectivity index (χ0n) is 8.55. The van der Waals surface area contributed by atoms with Gasteiger partial charge in [-0.3, -0.25) is 4.98 Å². The maximum absolute atomic E-state index is 5.99.